The molecule has 20 heavy (non-hydrogen) atoms. The second kappa shape index (κ2) is 4.77. The molecule has 0 atom stereocenters. The van der Waals surface area contributed by atoms with Crippen molar-refractivity contribution in [2.24, 2.45) is 0 Å². The number of anilines is 1. The summed E-state index contributed by atoms with van der Waals surface area (Å²) >= 11 is 0. The molecule has 1 aromatic carbocycles. The van der Waals surface area contributed by atoms with Gasteiger partial charge in [-0.15, -0.1) is 0 Å². The predicted molar refractivity (Wildman–Crippen MR) is 73.1 cm³/mol. The van der Waals surface area contributed by atoms with Crippen LogP contribution < -0.4 is 5.32 Å². The minimum atomic E-state index is -0.650. The second-order valence-corrected chi connectivity index (χ2v) is 4.45. The van der Waals surface area contributed by atoms with E-state index in [1.54, 1.807) is 6.07 Å². The quantitative estimate of drug-likeness (QED) is 0.725. The van der Waals surface area contributed by atoms with E-state index in [1.165, 1.54) is 18.2 Å². The van der Waals surface area contributed by atoms with Crippen molar-refractivity contribution in [1.29, 1.82) is 0 Å². The highest BCUT2D eigenvalue weighted by atomic mass is 19.1. The lowest BCUT2D eigenvalue weighted by molar-refractivity contribution is 0.0998. The number of hydrogen-bond acceptors (Lipinski definition) is 3. The zero-order valence-electron chi connectivity index (χ0n) is 10.7. The molecular formula is C15H11FN2O2. The highest BCUT2D eigenvalue weighted by Crippen LogP contribution is 2.21. The third kappa shape index (κ3) is 2.38. The van der Waals surface area contributed by atoms with Gasteiger partial charge >= 0.3 is 0 Å². The van der Waals surface area contributed by atoms with E-state index in [1.807, 2.05) is 25.1 Å². The third-order valence-corrected chi connectivity index (χ3v) is 2.85. The maximum absolute atomic E-state index is 12.9. The molecule has 3 aromatic rings. The molecule has 0 bridgehead atoms. The summed E-state index contributed by atoms with van der Waals surface area (Å²) in [7, 11) is 0. The van der Waals surface area contributed by atoms with Crippen LogP contribution >= 0.6 is 0 Å². The van der Waals surface area contributed by atoms with Gasteiger partial charge in [-0.05, 0) is 37.3 Å². The smallest absolute Gasteiger partial charge is 0.292 e. The van der Waals surface area contributed by atoms with Crippen molar-refractivity contribution in [1.82, 2.24) is 4.98 Å². The number of aryl methyl sites for hydroxylation is 1. The molecule has 0 spiro atoms. The van der Waals surface area contributed by atoms with Crippen molar-refractivity contribution in [3.05, 3.63) is 59.7 Å². The number of carbonyl (C=O) groups excluding carboxylic acids is 1. The molecule has 3 rings (SSSR count). The van der Waals surface area contributed by atoms with Crippen LogP contribution in [0.2, 0.25) is 0 Å². The minimum Gasteiger partial charge on any atom is -0.451 e. The highest BCUT2D eigenvalue weighted by molar-refractivity contribution is 6.04. The molecule has 2 aromatic heterocycles. The van der Waals surface area contributed by atoms with Crippen LogP contribution in [-0.2, 0) is 0 Å². The van der Waals surface area contributed by atoms with Gasteiger partial charge in [-0.25, -0.2) is 4.98 Å². The number of aromatic nitrogens is 1. The van der Waals surface area contributed by atoms with Crippen LogP contribution in [0.4, 0.5) is 10.2 Å². The Morgan fingerprint density at radius 2 is 2.10 bits per heavy atom. The van der Waals surface area contributed by atoms with Crippen LogP contribution in [0.1, 0.15) is 16.1 Å². The molecule has 0 fully saturated rings. The number of hydrogen-bond donors (Lipinski definition) is 1. The Morgan fingerprint density at radius 3 is 2.90 bits per heavy atom. The van der Waals surface area contributed by atoms with Gasteiger partial charge in [0, 0.05) is 5.39 Å². The lowest BCUT2D eigenvalue weighted by Gasteiger charge is -2.01. The van der Waals surface area contributed by atoms with Gasteiger partial charge in [-0.1, -0.05) is 17.7 Å². The van der Waals surface area contributed by atoms with E-state index in [0.29, 0.717) is 5.58 Å². The van der Waals surface area contributed by atoms with Crippen molar-refractivity contribution >= 4 is 22.7 Å². The Morgan fingerprint density at radius 1 is 1.25 bits per heavy atom. The Bertz CT molecular complexity index is 795. The molecule has 0 unspecified atom stereocenters. The van der Waals surface area contributed by atoms with Crippen LogP contribution in [0.15, 0.2) is 46.9 Å². The number of benzene rings is 1. The molecule has 4 nitrogen and oxygen atoms in total. The zero-order chi connectivity index (χ0) is 14.1. The number of pyridine rings is 1. The van der Waals surface area contributed by atoms with Crippen molar-refractivity contribution in [3.63, 3.8) is 0 Å². The second-order valence-electron chi connectivity index (χ2n) is 4.45. The van der Waals surface area contributed by atoms with Crippen LogP contribution in [0.3, 0.4) is 0 Å². The molecule has 0 saturated heterocycles. The zero-order valence-corrected chi connectivity index (χ0v) is 10.7. The summed E-state index contributed by atoms with van der Waals surface area (Å²) in [5.41, 5.74) is 1.71. The first kappa shape index (κ1) is 12.3. The Hall–Kier alpha value is -2.69. The van der Waals surface area contributed by atoms with Crippen LogP contribution in [-0.4, -0.2) is 10.9 Å². The van der Waals surface area contributed by atoms with Crippen molar-refractivity contribution in [2.45, 2.75) is 6.92 Å². The Balaban J connectivity index is 1.88. The van der Waals surface area contributed by atoms with Gasteiger partial charge in [0.15, 0.2) is 5.76 Å². The summed E-state index contributed by atoms with van der Waals surface area (Å²) in [5, 5.41) is 3.34. The van der Waals surface area contributed by atoms with Crippen molar-refractivity contribution in [2.75, 3.05) is 5.32 Å². The summed E-state index contributed by atoms with van der Waals surface area (Å²) in [4.78, 5) is 15.6. The number of carbonyl (C=O) groups is 1. The van der Waals surface area contributed by atoms with E-state index in [2.05, 4.69) is 10.3 Å². The maximum Gasteiger partial charge on any atom is 0.292 e. The van der Waals surface area contributed by atoms with Crippen LogP contribution in [0, 0.1) is 12.9 Å². The van der Waals surface area contributed by atoms with Gasteiger partial charge in [-0.3, -0.25) is 4.79 Å². The van der Waals surface area contributed by atoms with Crippen molar-refractivity contribution < 1.29 is 13.6 Å². The number of halogens is 1. The summed E-state index contributed by atoms with van der Waals surface area (Å²) in [6.45, 7) is 1.96. The van der Waals surface area contributed by atoms with Gasteiger partial charge in [0.25, 0.3) is 5.91 Å². The van der Waals surface area contributed by atoms with Gasteiger partial charge in [0.2, 0.25) is 5.95 Å². The Kier molecular flexibility index (Phi) is 2.95. The lowest BCUT2D eigenvalue weighted by atomic mass is 10.2. The molecule has 0 aliphatic carbocycles. The van der Waals surface area contributed by atoms with E-state index in [4.69, 9.17) is 4.42 Å². The number of furan rings is 1. The first-order chi connectivity index (χ1) is 9.61. The highest BCUT2D eigenvalue weighted by Gasteiger charge is 2.13. The predicted octanol–water partition coefficient (Wildman–Crippen LogP) is 3.53. The van der Waals surface area contributed by atoms with Crippen molar-refractivity contribution in [3.8, 4) is 0 Å². The van der Waals surface area contributed by atoms with Crippen LogP contribution in [0.5, 0.6) is 0 Å². The molecule has 1 N–H and O–H groups in total. The fraction of sp³-hybridized carbons (Fsp3) is 0.0667. The molecular weight excluding hydrogens is 259 g/mol. The monoisotopic (exact) mass is 270 g/mol. The van der Waals surface area contributed by atoms with Crippen LogP contribution in [0.25, 0.3) is 11.0 Å². The summed E-state index contributed by atoms with van der Waals surface area (Å²) in [5.74, 6) is -0.803. The summed E-state index contributed by atoms with van der Waals surface area (Å²) < 4.78 is 18.4. The fourth-order valence-corrected chi connectivity index (χ4v) is 1.93. The molecule has 0 saturated carbocycles. The minimum absolute atomic E-state index is 0.145. The van der Waals surface area contributed by atoms with Gasteiger partial charge in [0.1, 0.15) is 11.4 Å². The largest absolute Gasteiger partial charge is 0.451 e. The van der Waals surface area contributed by atoms with E-state index in [0.717, 1.165) is 10.9 Å². The SMILES string of the molecule is Cc1ccc2oc(C(=O)Nc3cccc(F)n3)cc2c1. The maximum atomic E-state index is 12.9. The van der Waals surface area contributed by atoms with E-state index in [9.17, 15) is 9.18 Å². The average molecular weight is 270 g/mol. The van der Waals surface area contributed by atoms with Gasteiger partial charge in [-0.2, -0.15) is 4.39 Å². The topological polar surface area (TPSA) is 55.1 Å². The molecule has 5 heteroatoms. The Labute approximate surface area is 114 Å². The third-order valence-electron chi connectivity index (χ3n) is 2.85. The summed E-state index contributed by atoms with van der Waals surface area (Å²) in [6.07, 6.45) is 0. The normalized spacial score (nSPS) is 10.7. The standard InChI is InChI=1S/C15H11FN2O2/c1-9-5-6-11-10(7-9)8-12(20-11)15(19)18-14-4-2-3-13(16)17-14/h2-8H,1H3,(H,17,18,19). The summed E-state index contributed by atoms with van der Waals surface area (Å²) in [6, 6.07) is 11.5. The molecule has 0 aliphatic heterocycles. The first-order valence-electron chi connectivity index (χ1n) is 6.06. The van der Waals surface area contributed by atoms with E-state index >= 15 is 0 Å². The molecule has 0 aliphatic rings. The molecule has 100 valence electrons. The van der Waals surface area contributed by atoms with E-state index in [-0.39, 0.29) is 11.6 Å². The van der Waals surface area contributed by atoms with Gasteiger partial charge in [0.05, 0.1) is 0 Å². The number of nitrogens with zero attached hydrogens (tertiary/aromatic N) is 1. The molecule has 0 radical (unpaired) electrons. The van der Waals surface area contributed by atoms with E-state index < -0.39 is 11.9 Å². The number of rotatable bonds is 2. The number of nitrogens with one attached hydrogen (secondary N) is 1. The number of amides is 1. The average Bonchev–Trinajstić information content (AvgIpc) is 2.81. The molecule has 2 heterocycles. The van der Waals surface area contributed by atoms with Gasteiger partial charge < -0.3 is 9.73 Å². The first-order valence-corrected chi connectivity index (χ1v) is 6.06. The molecule has 1 amide bonds. The lowest BCUT2D eigenvalue weighted by Crippen LogP contribution is -2.12. The number of fused-ring (bicyclic) bond motifs is 1. The fourth-order valence-electron chi connectivity index (χ4n) is 1.93.